The second kappa shape index (κ2) is 4.95. The molecule has 15 heavy (non-hydrogen) atoms. The molecular formula is C10H18N2O2S. The summed E-state index contributed by atoms with van der Waals surface area (Å²) in [6, 6.07) is 1.93. The van der Waals surface area contributed by atoms with Crippen molar-refractivity contribution in [2.24, 2.45) is 0 Å². The van der Waals surface area contributed by atoms with Crippen LogP contribution >= 0.6 is 0 Å². The molecule has 5 heteroatoms. The molecule has 86 valence electrons. The first-order valence-corrected chi connectivity index (χ1v) is 6.94. The molecule has 0 aromatic carbocycles. The van der Waals surface area contributed by atoms with Gasteiger partial charge in [-0.05, 0) is 19.8 Å². The van der Waals surface area contributed by atoms with E-state index in [2.05, 4.69) is 0 Å². The molecule has 1 atom stereocenters. The predicted octanol–water partition coefficient (Wildman–Crippen LogP) is 1.49. The van der Waals surface area contributed by atoms with Gasteiger partial charge in [-0.15, -0.1) is 0 Å². The first-order chi connectivity index (χ1) is 7.04. The van der Waals surface area contributed by atoms with Gasteiger partial charge in [-0.3, -0.25) is 0 Å². The van der Waals surface area contributed by atoms with Crippen molar-refractivity contribution in [1.82, 2.24) is 4.31 Å². The molecule has 1 aliphatic rings. The van der Waals surface area contributed by atoms with Crippen LogP contribution in [0, 0.1) is 11.3 Å². The zero-order valence-corrected chi connectivity index (χ0v) is 10.1. The molecule has 0 radical (unpaired) electrons. The van der Waals surface area contributed by atoms with Gasteiger partial charge in [0.2, 0.25) is 10.0 Å². The molecule has 0 bridgehead atoms. The molecule has 1 aliphatic carbocycles. The lowest BCUT2D eigenvalue weighted by atomic mass is 10.2. The quantitative estimate of drug-likeness (QED) is 0.735. The first kappa shape index (κ1) is 12.5. The lowest BCUT2D eigenvalue weighted by molar-refractivity contribution is 0.334. The van der Waals surface area contributed by atoms with Crippen molar-refractivity contribution >= 4 is 10.0 Å². The van der Waals surface area contributed by atoms with E-state index in [9.17, 15) is 8.42 Å². The molecule has 0 heterocycles. The Morgan fingerprint density at radius 3 is 2.40 bits per heavy atom. The Balaban J connectivity index is 2.87. The SMILES string of the molecule is CCN(C1CCCC1)S(=O)(=O)C(C)C#N. The summed E-state index contributed by atoms with van der Waals surface area (Å²) >= 11 is 0. The Bertz CT molecular complexity index is 339. The molecule has 1 fully saturated rings. The maximum Gasteiger partial charge on any atom is 0.230 e. The second-order valence-electron chi connectivity index (χ2n) is 3.96. The molecule has 1 rings (SSSR count). The monoisotopic (exact) mass is 230 g/mol. The van der Waals surface area contributed by atoms with E-state index in [0.29, 0.717) is 6.54 Å². The van der Waals surface area contributed by atoms with Crippen LogP contribution in [-0.4, -0.2) is 30.6 Å². The molecular weight excluding hydrogens is 212 g/mol. The summed E-state index contributed by atoms with van der Waals surface area (Å²) in [4.78, 5) is 0. The van der Waals surface area contributed by atoms with E-state index < -0.39 is 15.3 Å². The molecule has 1 saturated carbocycles. The van der Waals surface area contributed by atoms with Gasteiger partial charge in [0.05, 0.1) is 6.07 Å². The summed E-state index contributed by atoms with van der Waals surface area (Å²) in [7, 11) is -3.41. The third kappa shape index (κ3) is 2.50. The molecule has 4 nitrogen and oxygen atoms in total. The largest absolute Gasteiger partial charge is 0.230 e. The maximum absolute atomic E-state index is 12.0. The van der Waals surface area contributed by atoms with Crippen LogP contribution in [-0.2, 0) is 10.0 Å². The van der Waals surface area contributed by atoms with Crippen LogP contribution < -0.4 is 0 Å². The molecule has 0 aromatic rings. The van der Waals surface area contributed by atoms with Gasteiger partial charge in [0.25, 0.3) is 0 Å². The minimum absolute atomic E-state index is 0.121. The Morgan fingerprint density at radius 2 is 2.00 bits per heavy atom. The van der Waals surface area contributed by atoms with E-state index in [0.717, 1.165) is 25.7 Å². The molecule has 0 spiro atoms. The average Bonchev–Trinajstić information content (AvgIpc) is 2.70. The molecule has 0 aliphatic heterocycles. The van der Waals surface area contributed by atoms with Crippen LogP contribution in [0.4, 0.5) is 0 Å². The van der Waals surface area contributed by atoms with Crippen molar-refractivity contribution < 1.29 is 8.42 Å². The van der Waals surface area contributed by atoms with Crippen molar-refractivity contribution in [3.63, 3.8) is 0 Å². The molecule has 0 N–H and O–H groups in total. The molecule has 0 saturated heterocycles. The van der Waals surface area contributed by atoms with Crippen LogP contribution in [0.2, 0.25) is 0 Å². The van der Waals surface area contributed by atoms with E-state index in [1.54, 1.807) is 0 Å². The van der Waals surface area contributed by atoms with Gasteiger partial charge in [0.1, 0.15) is 0 Å². The number of sulfonamides is 1. The topological polar surface area (TPSA) is 61.2 Å². The second-order valence-corrected chi connectivity index (χ2v) is 6.16. The van der Waals surface area contributed by atoms with Gasteiger partial charge in [-0.1, -0.05) is 19.8 Å². The Kier molecular flexibility index (Phi) is 4.12. The Hall–Kier alpha value is -0.600. The first-order valence-electron chi connectivity index (χ1n) is 5.44. The van der Waals surface area contributed by atoms with Crippen LogP contribution in [0.25, 0.3) is 0 Å². The number of nitriles is 1. The highest BCUT2D eigenvalue weighted by molar-refractivity contribution is 7.90. The third-order valence-corrected chi connectivity index (χ3v) is 5.21. The number of nitrogens with zero attached hydrogens (tertiary/aromatic N) is 2. The molecule has 0 aromatic heterocycles. The van der Waals surface area contributed by atoms with Gasteiger partial charge in [0.15, 0.2) is 5.25 Å². The Labute approximate surface area is 91.9 Å². The van der Waals surface area contributed by atoms with Crippen LogP contribution in [0.1, 0.15) is 39.5 Å². The lowest BCUT2D eigenvalue weighted by Crippen LogP contribution is -2.42. The fourth-order valence-corrected chi connectivity index (χ4v) is 3.63. The normalized spacial score (nSPS) is 20.4. The summed E-state index contributed by atoms with van der Waals surface area (Å²) in [5.74, 6) is 0. The summed E-state index contributed by atoms with van der Waals surface area (Å²) in [5.41, 5.74) is 0. The van der Waals surface area contributed by atoms with E-state index in [4.69, 9.17) is 5.26 Å². The smallest absolute Gasteiger partial charge is 0.211 e. The maximum atomic E-state index is 12.0. The van der Waals surface area contributed by atoms with Crippen molar-refractivity contribution in [3.8, 4) is 6.07 Å². The number of hydrogen-bond donors (Lipinski definition) is 0. The number of rotatable bonds is 4. The minimum atomic E-state index is -3.41. The standard InChI is InChI=1S/C10H18N2O2S/c1-3-12(10-6-4-5-7-10)15(13,14)9(2)8-11/h9-10H,3-7H2,1-2H3. The highest BCUT2D eigenvalue weighted by Crippen LogP contribution is 2.26. The van der Waals surface area contributed by atoms with Gasteiger partial charge >= 0.3 is 0 Å². The fraction of sp³-hybridized carbons (Fsp3) is 0.900. The lowest BCUT2D eigenvalue weighted by Gasteiger charge is -2.27. The average molecular weight is 230 g/mol. The van der Waals surface area contributed by atoms with Crippen molar-refractivity contribution in [3.05, 3.63) is 0 Å². The number of hydrogen-bond acceptors (Lipinski definition) is 3. The van der Waals surface area contributed by atoms with Gasteiger partial charge in [0, 0.05) is 12.6 Å². The van der Waals surface area contributed by atoms with E-state index in [-0.39, 0.29) is 6.04 Å². The summed E-state index contributed by atoms with van der Waals surface area (Å²) in [6.07, 6.45) is 4.06. The minimum Gasteiger partial charge on any atom is -0.211 e. The zero-order chi connectivity index (χ0) is 11.5. The van der Waals surface area contributed by atoms with E-state index >= 15 is 0 Å². The van der Waals surface area contributed by atoms with E-state index in [1.807, 2.05) is 13.0 Å². The highest BCUT2D eigenvalue weighted by atomic mass is 32.2. The van der Waals surface area contributed by atoms with Crippen molar-refractivity contribution in [1.29, 1.82) is 5.26 Å². The van der Waals surface area contributed by atoms with Crippen LogP contribution in [0.3, 0.4) is 0 Å². The highest BCUT2D eigenvalue weighted by Gasteiger charge is 2.34. The van der Waals surface area contributed by atoms with Gasteiger partial charge in [-0.25, -0.2) is 8.42 Å². The fourth-order valence-electron chi connectivity index (χ4n) is 2.11. The summed E-state index contributed by atoms with van der Waals surface area (Å²) < 4.78 is 25.5. The zero-order valence-electron chi connectivity index (χ0n) is 9.31. The van der Waals surface area contributed by atoms with Crippen molar-refractivity contribution in [2.75, 3.05) is 6.54 Å². The summed E-state index contributed by atoms with van der Waals surface area (Å²) in [5, 5.41) is 7.77. The third-order valence-electron chi connectivity index (χ3n) is 3.00. The van der Waals surface area contributed by atoms with Crippen molar-refractivity contribution in [2.45, 2.75) is 50.8 Å². The predicted molar refractivity (Wildman–Crippen MR) is 58.6 cm³/mol. The van der Waals surface area contributed by atoms with Gasteiger partial charge in [-0.2, -0.15) is 9.57 Å². The Morgan fingerprint density at radius 1 is 1.47 bits per heavy atom. The molecule has 1 unspecified atom stereocenters. The van der Waals surface area contributed by atoms with Crippen LogP contribution in [0.15, 0.2) is 0 Å². The van der Waals surface area contributed by atoms with Gasteiger partial charge < -0.3 is 0 Å². The summed E-state index contributed by atoms with van der Waals surface area (Å²) in [6.45, 7) is 3.76. The molecule has 0 amide bonds. The van der Waals surface area contributed by atoms with E-state index in [1.165, 1.54) is 11.2 Å². The van der Waals surface area contributed by atoms with Crippen LogP contribution in [0.5, 0.6) is 0 Å².